The predicted octanol–water partition coefficient (Wildman–Crippen LogP) is 2.00. The zero-order valence-corrected chi connectivity index (χ0v) is 6.93. The van der Waals surface area contributed by atoms with Crippen LogP contribution in [0.25, 0.3) is 0 Å². The van der Waals surface area contributed by atoms with E-state index >= 15 is 0 Å². The van der Waals surface area contributed by atoms with E-state index in [-0.39, 0.29) is 5.19 Å². The first-order chi connectivity index (χ1) is 5.17. The normalized spacial score (nSPS) is 11.1. The number of halogens is 2. The van der Waals surface area contributed by atoms with Crippen molar-refractivity contribution < 1.29 is 8.22 Å². The molecule has 0 unspecified atom stereocenters. The number of rotatable bonds is 2. The lowest BCUT2D eigenvalue weighted by Gasteiger charge is -2.05. The van der Waals surface area contributed by atoms with Gasteiger partial charge in [-0.1, -0.05) is 30.3 Å². The average Bonchev–Trinajstić information content (AvgIpc) is 2.06. The molecule has 0 radical (unpaired) electrons. The van der Waals surface area contributed by atoms with Crippen LogP contribution in [0, 0.1) is 0 Å². The lowest BCUT2D eigenvalue weighted by molar-refractivity contribution is 0.652. The topological polar surface area (TPSA) is 0 Å². The molecule has 11 heavy (non-hydrogen) atoms. The van der Waals surface area contributed by atoms with Crippen molar-refractivity contribution in [2.24, 2.45) is 0 Å². The molecule has 58 valence electrons. The largest absolute Gasteiger partial charge is 0.480 e. The molecule has 0 saturated heterocycles. The van der Waals surface area contributed by atoms with Gasteiger partial charge in [0.15, 0.2) is 0 Å². The number of benzene rings is 1. The summed E-state index contributed by atoms with van der Waals surface area (Å²) in [6.45, 7) is 3.12. The van der Waals surface area contributed by atoms with Crippen molar-refractivity contribution in [1.82, 2.24) is 0 Å². The van der Waals surface area contributed by atoms with E-state index in [4.69, 9.17) is 0 Å². The molecule has 3 heteroatoms. The van der Waals surface area contributed by atoms with Crippen LogP contribution in [0.15, 0.2) is 42.6 Å². The molecule has 1 aromatic carbocycles. The molecule has 0 amide bonds. The molecular weight excluding hydrogens is 162 g/mol. The van der Waals surface area contributed by atoms with E-state index in [1.807, 2.05) is 0 Å². The molecule has 0 aromatic heterocycles. The van der Waals surface area contributed by atoms with Crippen molar-refractivity contribution in [3.8, 4) is 0 Å². The molecule has 0 spiro atoms. The highest BCUT2D eigenvalue weighted by molar-refractivity contribution is 6.84. The quantitative estimate of drug-likeness (QED) is 0.470. The van der Waals surface area contributed by atoms with Crippen LogP contribution in [-0.4, -0.2) is 8.74 Å². The second-order valence-corrected chi connectivity index (χ2v) is 4.42. The zero-order chi connectivity index (χ0) is 8.32. The maximum absolute atomic E-state index is 12.9. The minimum Gasteiger partial charge on any atom is -0.260 e. The predicted molar refractivity (Wildman–Crippen MR) is 44.2 cm³/mol. The monoisotopic (exact) mass is 170 g/mol. The second kappa shape index (κ2) is 2.96. The van der Waals surface area contributed by atoms with Crippen molar-refractivity contribution in [3.63, 3.8) is 0 Å². The van der Waals surface area contributed by atoms with Gasteiger partial charge in [-0.05, 0) is 5.70 Å². The van der Waals surface area contributed by atoms with Crippen LogP contribution in [0.5, 0.6) is 0 Å². The van der Waals surface area contributed by atoms with E-state index in [1.165, 1.54) is 12.1 Å². The Balaban J connectivity index is 3.02. The molecule has 0 aliphatic rings. The smallest absolute Gasteiger partial charge is 0.260 e. The van der Waals surface area contributed by atoms with Gasteiger partial charge >= 0.3 is 8.74 Å². The van der Waals surface area contributed by atoms with Gasteiger partial charge in [0, 0.05) is 5.19 Å². The van der Waals surface area contributed by atoms with Gasteiger partial charge in [-0.3, -0.25) is 8.22 Å². The minimum atomic E-state index is -4.29. The fourth-order valence-electron chi connectivity index (χ4n) is 0.778. The van der Waals surface area contributed by atoms with Gasteiger partial charge < -0.3 is 0 Å². The minimum absolute atomic E-state index is 0.120. The molecule has 0 heterocycles. The average molecular weight is 170 g/mol. The van der Waals surface area contributed by atoms with E-state index in [1.54, 1.807) is 18.2 Å². The third-order valence-electron chi connectivity index (χ3n) is 1.42. The molecular formula is C8H8F2Si. The first-order valence-corrected chi connectivity index (χ1v) is 5.07. The second-order valence-electron chi connectivity index (χ2n) is 2.19. The van der Waals surface area contributed by atoms with E-state index in [0.717, 1.165) is 5.70 Å². The Morgan fingerprint density at radius 2 is 1.73 bits per heavy atom. The fourth-order valence-corrected chi connectivity index (χ4v) is 1.65. The molecule has 0 bridgehead atoms. The van der Waals surface area contributed by atoms with E-state index in [9.17, 15) is 8.22 Å². The molecule has 0 N–H and O–H groups in total. The summed E-state index contributed by atoms with van der Waals surface area (Å²) < 4.78 is 25.8. The van der Waals surface area contributed by atoms with E-state index in [0.29, 0.717) is 0 Å². The van der Waals surface area contributed by atoms with Gasteiger partial charge in [-0.2, -0.15) is 0 Å². The van der Waals surface area contributed by atoms with Crippen molar-refractivity contribution in [2.45, 2.75) is 0 Å². The van der Waals surface area contributed by atoms with Crippen molar-refractivity contribution in [3.05, 3.63) is 42.6 Å². The van der Waals surface area contributed by atoms with Gasteiger partial charge in [0.25, 0.3) is 0 Å². The summed E-state index contributed by atoms with van der Waals surface area (Å²) in [6.07, 6.45) is 0. The molecule has 0 fully saturated rings. The molecule has 0 atom stereocenters. The Morgan fingerprint density at radius 3 is 2.18 bits per heavy atom. The maximum atomic E-state index is 12.9. The summed E-state index contributed by atoms with van der Waals surface area (Å²) in [5, 5.41) is 0.120. The number of hydrogen-bond acceptors (Lipinski definition) is 0. The lowest BCUT2D eigenvalue weighted by atomic mass is 10.4. The summed E-state index contributed by atoms with van der Waals surface area (Å²) in [5.74, 6) is 0. The first kappa shape index (κ1) is 8.14. The van der Waals surface area contributed by atoms with E-state index < -0.39 is 8.74 Å². The molecule has 0 nitrogen and oxygen atoms in total. The molecule has 0 saturated carbocycles. The van der Waals surface area contributed by atoms with Crippen molar-refractivity contribution >= 4 is 13.9 Å². The number of hydrogen-bond donors (Lipinski definition) is 0. The Bertz CT molecular complexity index is 244. The summed E-state index contributed by atoms with van der Waals surface area (Å²) >= 11 is 0. The van der Waals surface area contributed by atoms with Gasteiger partial charge in [-0.15, -0.1) is 6.58 Å². The Hall–Kier alpha value is -0.963. The van der Waals surface area contributed by atoms with Crippen LogP contribution >= 0.6 is 0 Å². The SMILES string of the molecule is C=C[Si](F)(F)c1ccccc1. The summed E-state index contributed by atoms with van der Waals surface area (Å²) in [5.41, 5.74) is 0.780. The molecule has 0 aliphatic carbocycles. The first-order valence-electron chi connectivity index (χ1n) is 3.24. The van der Waals surface area contributed by atoms with Crippen molar-refractivity contribution in [1.29, 1.82) is 0 Å². The van der Waals surface area contributed by atoms with Gasteiger partial charge in [0.2, 0.25) is 0 Å². The highest BCUT2D eigenvalue weighted by Crippen LogP contribution is 2.07. The molecule has 1 aromatic rings. The van der Waals surface area contributed by atoms with Gasteiger partial charge in [0.1, 0.15) is 0 Å². The Morgan fingerprint density at radius 1 is 1.18 bits per heavy atom. The third kappa shape index (κ3) is 1.74. The van der Waals surface area contributed by atoms with Crippen LogP contribution < -0.4 is 5.19 Å². The lowest BCUT2D eigenvalue weighted by Crippen LogP contribution is -2.36. The van der Waals surface area contributed by atoms with Gasteiger partial charge in [-0.25, -0.2) is 0 Å². The Kier molecular flexibility index (Phi) is 2.19. The third-order valence-corrected chi connectivity index (χ3v) is 3.03. The summed E-state index contributed by atoms with van der Waals surface area (Å²) in [4.78, 5) is 0. The molecule has 1 rings (SSSR count). The highest BCUT2D eigenvalue weighted by Gasteiger charge is 2.33. The van der Waals surface area contributed by atoms with Gasteiger partial charge in [0.05, 0.1) is 0 Å². The highest BCUT2D eigenvalue weighted by atomic mass is 28.4. The maximum Gasteiger partial charge on any atom is 0.480 e. The zero-order valence-electron chi connectivity index (χ0n) is 5.93. The fraction of sp³-hybridized carbons (Fsp3) is 0. The summed E-state index contributed by atoms with van der Waals surface area (Å²) in [7, 11) is -4.29. The van der Waals surface area contributed by atoms with Crippen LogP contribution in [0.4, 0.5) is 8.22 Å². The van der Waals surface area contributed by atoms with Crippen molar-refractivity contribution in [2.75, 3.05) is 0 Å². The summed E-state index contributed by atoms with van der Waals surface area (Å²) in [6, 6.07) is 7.82. The standard InChI is InChI=1S/C8H8F2Si/c1-2-11(9,10)8-6-4-3-5-7-8/h2-7H,1H2. The van der Waals surface area contributed by atoms with Crippen LogP contribution in [0.2, 0.25) is 0 Å². The van der Waals surface area contributed by atoms with Crippen LogP contribution in [0.3, 0.4) is 0 Å². The Labute approximate surface area is 65.5 Å². The van der Waals surface area contributed by atoms with E-state index in [2.05, 4.69) is 6.58 Å². The van der Waals surface area contributed by atoms with Crippen LogP contribution in [-0.2, 0) is 0 Å². The van der Waals surface area contributed by atoms with Crippen LogP contribution in [0.1, 0.15) is 0 Å². The molecule has 0 aliphatic heterocycles.